The highest BCUT2D eigenvalue weighted by atomic mass is 16.1. The van der Waals surface area contributed by atoms with Gasteiger partial charge in [0.2, 0.25) is 0 Å². The molecule has 4 nitrogen and oxygen atoms in total. The number of rotatable bonds is 2. The minimum Gasteiger partial charge on any atom is -0.318 e. The summed E-state index contributed by atoms with van der Waals surface area (Å²) in [5.74, 6) is 0. The highest BCUT2D eigenvalue weighted by Gasteiger charge is 2.17. The van der Waals surface area contributed by atoms with Crippen molar-refractivity contribution in [2.45, 2.75) is 13.8 Å². The highest BCUT2D eigenvalue weighted by Crippen LogP contribution is 2.34. The summed E-state index contributed by atoms with van der Waals surface area (Å²) < 4.78 is 3.50. The fraction of sp³-hybridized carbons (Fsp3) is 0.222. The Morgan fingerprint density at radius 1 is 1.00 bits per heavy atom. The molecule has 0 aliphatic heterocycles. The average Bonchev–Trinajstić information content (AvgIpc) is 2.76. The van der Waals surface area contributed by atoms with Crippen LogP contribution in [0.15, 0.2) is 47.4 Å². The van der Waals surface area contributed by atoms with Gasteiger partial charge in [-0.1, -0.05) is 30.3 Å². The quantitative estimate of drug-likeness (QED) is 0.728. The van der Waals surface area contributed by atoms with Gasteiger partial charge in [0, 0.05) is 43.2 Å². The number of hydrogen-bond donors (Lipinski definition) is 0. The lowest BCUT2D eigenvalue weighted by Gasteiger charge is -2.12. The normalized spacial score (nSPS) is 10.9. The maximum Gasteiger partial charge on any atom is 0.250 e. The molecule has 0 atom stereocenters. The van der Waals surface area contributed by atoms with Gasteiger partial charge in [0.15, 0.2) is 0 Å². The van der Waals surface area contributed by atoms with Crippen molar-refractivity contribution >= 4 is 0 Å². The molecule has 0 aliphatic rings. The molecular weight excluding hydrogens is 274 g/mol. The summed E-state index contributed by atoms with van der Waals surface area (Å²) in [5, 5.41) is 4.50. The molecule has 0 spiro atoms. The lowest BCUT2D eigenvalue weighted by atomic mass is 9.95. The SMILES string of the molecule is Cc1nn(C)c(C)c1-c1cn(C)c(=O)cc1-c1ccccc1. The van der Waals surface area contributed by atoms with E-state index in [1.54, 1.807) is 17.7 Å². The summed E-state index contributed by atoms with van der Waals surface area (Å²) in [7, 11) is 3.72. The topological polar surface area (TPSA) is 39.8 Å². The van der Waals surface area contributed by atoms with Gasteiger partial charge in [-0.2, -0.15) is 5.10 Å². The highest BCUT2D eigenvalue weighted by molar-refractivity contribution is 5.84. The number of aromatic nitrogens is 3. The Kier molecular flexibility index (Phi) is 3.45. The molecule has 1 aromatic carbocycles. The van der Waals surface area contributed by atoms with Crippen molar-refractivity contribution in [2.24, 2.45) is 14.1 Å². The third-order valence-electron chi connectivity index (χ3n) is 4.09. The predicted molar refractivity (Wildman–Crippen MR) is 88.8 cm³/mol. The van der Waals surface area contributed by atoms with Crippen LogP contribution >= 0.6 is 0 Å². The first-order chi connectivity index (χ1) is 10.5. The predicted octanol–water partition coefficient (Wildman–Crippen LogP) is 3.07. The second-order valence-corrected chi connectivity index (χ2v) is 5.59. The van der Waals surface area contributed by atoms with E-state index in [1.807, 2.05) is 55.2 Å². The van der Waals surface area contributed by atoms with E-state index in [0.29, 0.717) is 0 Å². The summed E-state index contributed by atoms with van der Waals surface area (Å²) in [6.07, 6.45) is 1.90. The zero-order chi connectivity index (χ0) is 15.9. The Labute approximate surface area is 129 Å². The molecule has 0 saturated carbocycles. The summed E-state index contributed by atoms with van der Waals surface area (Å²) in [4.78, 5) is 12.1. The summed E-state index contributed by atoms with van der Waals surface area (Å²) in [5.41, 5.74) is 6.17. The van der Waals surface area contributed by atoms with Crippen LogP contribution in [0.25, 0.3) is 22.3 Å². The second-order valence-electron chi connectivity index (χ2n) is 5.59. The zero-order valence-electron chi connectivity index (χ0n) is 13.3. The Hall–Kier alpha value is -2.62. The average molecular weight is 293 g/mol. The molecular formula is C18H19N3O. The Morgan fingerprint density at radius 2 is 1.68 bits per heavy atom. The van der Waals surface area contributed by atoms with Crippen LogP contribution in [0.3, 0.4) is 0 Å². The molecule has 112 valence electrons. The van der Waals surface area contributed by atoms with E-state index < -0.39 is 0 Å². The lowest BCUT2D eigenvalue weighted by Crippen LogP contribution is -2.15. The smallest absolute Gasteiger partial charge is 0.250 e. The van der Waals surface area contributed by atoms with Crippen LogP contribution in [0.5, 0.6) is 0 Å². The van der Waals surface area contributed by atoms with Gasteiger partial charge < -0.3 is 4.57 Å². The maximum absolute atomic E-state index is 12.1. The number of benzene rings is 1. The van der Waals surface area contributed by atoms with Crippen molar-refractivity contribution in [3.05, 3.63) is 64.3 Å². The third-order valence-corrected chi connectivity index (χ3v) is 4.09. The molecule has 2 aromatic heterocycles. The molecule has 0 fully saturated rings. The fourth-order valence-corrected chi connectivity index (χ4v) is 2.85. The van der Waals surface area contributed by atoms with E-state index in [4.69, 9.17) is 0 Å². The standard InChI is InChI=1S/C18H19N3O/c1-12-18(13(2)21(4)19-12)16-11-20(3)17(22)10-15(16)14-8-6-5-7-9-14/h5-11H,1-4H3. The van der Waals surface area contributed by atoms with Gasteiger partial charge in [0.05, 0.1) is 5.69 Å². The third kappa shape index (κ3) is 2.26. The lowest BCUT2D eigenvalue weighted by molar-refractivity contribution is 0.731. The van der Waals surface area contributed by atoms with Crippen LogP contribution in [-0.4, -0.2) is 14.3 Å². The first-order valence-electron chi connectivity index (χ1n) is 7.25. The van der Waals surface area contributed by atoms with Crippen LogP contribution in [0.2, 0.25) is 0 Å². The molecule has 3 aromatic rings. The van der Waals surface area contributed by atoms with Crippen LogP contribution in [0.1, 0.15) is 11.4 Å². The van der Waals surface area contributed by atoms with E-state index in [1.165, 1.54) is 0 Å². The van der Waals surface area contributed by atoms with E-state index in [9.17, 15) is 4.79 Å². The van der Waals surface area contributed by atoms with Crippen molar-refractivity contribution in [3.63, 3.8) is 0 Å². The van der Waals surface area contributed by atoms with Gasteiger partial charge >= 0.3 is 0 Å². The van der Waals surface area contributed by atoms with Gasteiger partial charge in [-0.3, -0.25) is 9.48 Å². The Morgan fingerprint density at radius 3 is 2.27 bits per heavy atom. The molecule has 22 heavy (non-hydrogen) atoms. The van der Waals surface area contributed by atoms with Crippen LogP contribution in [-0.2, 0) is 14.1 Å². The first-order valence-corrected chi connectivity index (χ1v) is 7.25. The molecule has 4 heteroatoms. The van der Waals surface area contributed by atoms with Gasteiger partial charge in [-0.05, 0) is 25.0 Å². The Balaban J connectivity index is 2.36. The number of nitrogens with zero attached hydrogens (tertiary/aromatic N) is 3. The number of pyridine rings is 1. The fourth-order valence-electron chi connectivity index (χ4n) is 2.85. The van der Waals surface area contributed by atoms with E-state index >= 15 is 0 Å². The van der Waals surface area contributed by atoms with Gasteiger partial charge in [0.1, 0.15) is 0 Å². The van der Waals surface area contributed by atoms with Crippen molar-refractivity contribution in [3.8, 4) is 22.3 Å². The van der Waals surface area contributed by atoms with Crippen molar-refractivity contribution in [2.75, 3.05) is 0 Å². The minimum atomic E-state index is -0.0122. The Bertz CT molecular complexity index is 889. The second kappa shape index (κ2) is 5.30. The van der Waals surface area contributed by atoms with Crippen molar-refractivity contribution in [1.82, 2.24) is 14.3 Å². The summed E-state index contributed by atoms with van der Waals surface area (Å²) in [6.45, 7) is 4.05. The van der Waals surface area contributed by atoms with Crippen LogP contribution in [0.4, 0.5) is 0 Å². The van der Waals surface area contributed by atoms with Crippen LogP contribution < -0.4 is 5.56 Å². The zero-order valence-corrected chi connectivity index (χ0v) is 13.3. The van der Waals surface area contributed by atoms with E-state index in [0.717, 1.165) is 33.6 Å². The van der Waals surface area contributed by atoms with Gasteiger partial charge in [-0.15, -0.1) is 0 Å². The molecule has 3 rings (SSSR count). The molecule has 0 bridgehead atoms. The largest absolute Gasteiger partial charge is 0.318 e. The van der Waals surface area contributed by atoms with E-state index in [-0.39, 0.29) is 5.56 Å². The van der Waals surface area contributed by atoms with Crippen molar-refractivity contribution in [1.29, 1.82) is 0 Å². The molecule has 0 saturated heterocycles. The molecule has 0 amide bonds. The number of hydrogen-bond acceptors (Lipinski definition) is 2. The van der Waals surface area contributed by atoms with Gasteiger partial charge in [0.25, 0.3) is 5.56 Å². The monoisotopic (exact) mass is 293 g/mol. The molecule has 0 unspecified atom stereocenters. The maximum atomic E-state index is 12.1. The molecule has 0 aliphatic carbocycles. The minimum absolute atomic E-state index is 0.0122. The molecule has 2 heterocycles. The first kappa shape index (κ1) is 14.3. The van der Waals surface area contributed by atoms with Crippen molar-refractivity contribution < 1.29 is 0 Å². The number of aryl methyl sites for hydroxylation is 3. The summed E-state index contributed by atoms with van der Waals surface area (Å²) >= 11 is 0. The van der Waals surface area contributed by atoms with Gasteiger partial charge in [-0.25, -0.2) is 0 Å². The van der Waals surface area contributed by atoms with E-state index in [2.05, 4.69) is 12.0 Å². The molecule has 0 N–H and O–H groups in total. The summed E-state index contributed by atoms with van der Waals surface area (Å²) in [6, 6.07) is 11.7. The van der Waals surface area contributed by atoms with Crippen LogP contribution in [0, 0.1) is 13.8 Å². The molecule has 0 radical (unpaired) electrons.